The van der Waals surface area contributed by atoms with Crippen molar-refractivity contribution >= 4 is 22.6 Å². The minimum absolute atomic E-state index is 0.201. The molecule has 0 saturated heterocycles. The third-order valence-electron chi connectivity index (χ3n) is 2.98. The number of carbonyl (C=O) groups excluding carboxylic acids is 1. The number of ether oxygens (including phenoxy) is 1. The van der Waals surface area contributed by atoms with Crippen molar-refractivity contribution in [1.82, 2.24) is 9.97 Å². The molecule has 2 aromatic carbocycles. The summed E-state index contributed by atoms with van der Waals surface area (Å²) >= 11 is 0. The third-order valence-corrected chi connectivity index (χ3v) is 2.98. The number of imidazole rings is 1. The van der Waals surface area contributed by atoms with Gasteiger partial charge in [0.25, 0.3) is 5.91 Å². The monoisotopic (exact) mass is 301 g/mol. The highest BCUT2D eigenvalue weighted by atomic mass is 19.1. The van der Waals surface area contributed by atoms with Gasteiger partial charge in [0.15, 0.2) is 6.61 Å². The van der Waals surface area contributed by atoms with Gasteiger partial charge >= 0.3 is 5.69 Å². The lowest BCUT2D eigenvalue weighted by molar-refractivity contribution is -0.118. The molecular weight excluding hydrogens is 289 g/mol. The first-order valence-corrected chi connectivity index (χ1v) is 6.50. The maximum absolute atomic E-state index is 12.7. The number of carbonyl (C=O) groups is 1. The Hall–Kier alpha value is -3.09. The number of aromatic nitrogens is 2. The Morgan fingerprint density at radius 3 is 2.59 bits per heavy atom. The fraction of sp³-hybridized carbons (Fsp3) is 0.0667. The number of halogens is 1. The van der Waals surface area contributed by atoms with Crippen molar-refractivity contribution in [3.8, 4) is 5.75 Å². The Morgan fingerprint density at radius 2 is 1.82 bits per heavy atom. The smallest absolute Gasteiger partial charge is 0.323 e. The number of anilines is 1. The quantitative estimate of drug-likeness (QED) is 0.689. The normalized spacial score (nSPS) is 10.6. The van der Waals surface area contributed by atoms with Crippen LogP contribution < -0.4 is 15.7 Å². The van der Waals surface area contributed by atoms with Crippen molar-refractivity contribution in [3.05, 3.63) is 58.8 Å². The van der Waals surface area contributed by atoms with Gasteiger partial charge in [-0.2, -0.15) is 0 Å². The van der Waals surface area contributed by atoms with E-state index in [1.165, 1.54) is 24.3 Å². The number of benzene rings is 2. The van der Waals surface area contributed by atoms with E-state index >= 15 is 0 Å². The summed E-state index contributed by atoms with van der Waals surface area (Å²) in [5.74, 6) is -0.325. The first-order valence-electron chi connectivity index (χ1n) is 6.50. The van der Waals surface area contributed by atoms with Crippen molar-refractivity contribution in [2.45, 2.75) is 0 Å². The molecule has 0 radical (unpaired) electrons. The number of aromatic amines is 2. The lowest BCUT2D eigenvalue weighted by atomic mass is 10.3. The Morgan fingerprint density at radius 1 is 1.09 bits per heavy atom. The van der Waals surface area contributed by atoms with Gasteiger partial charge in [-0.25, -0.2) is 9.18 Å². The molecule has 3 N–H and O–H groups in total. The summed E-state index contributed by atoms with van der Waals surface area (Å²) in [6.07, 6.45) is 0. The summed E-state index contributed by atoms with van der Waals surface area (Å²) in [5, 5.41) is 2.65. The molecule has 0 bridgehead atoms. The van der Waals surface area contributed by atoms with Gasteiger partial charge < -0.3 is 20.0 Å². The molecule has 6 nitrogen and oxygen atoms in total. The van der Waals surface area contributed by atoms with Crippen molar-refractivity contribution in [2.75, 3.05) is 11.9 Å². The van der Waals surface area contributed by atoms with Crippen LogP contribution in [0.2, 0.25) is 0 Å². The van der Waals surface area contributed by atoms with Crippen LogP contribution in [-0.4, -0.2) is 22.5 Å². The van der Waals surface area contributed by atoms with Crippen LogP contribution in [0.5, 0.6) is 5.75 Å². The number of hydrogen-bond donors (Lipinski definition) is 3. The summed E-state index contributed by atoms with van der Waals surface area (Å²) in [7, 11) is 0. The molecule has 1 amide bonds. The van der Waals surface area contributed by atoms with Crippen molar-refractivity contribution in [2.24, 2.45) is 0 Å². The van der Waals surface area contributed by atoms with E-state index in [-0.39, 0.29) is 24.0 Å². The lowest BCUT2D eigenvalue weighted by Crippen LogP contribution is -2.20. The van der Waals surface area contributed by atoms with E-state index in [1.54, 1.807) is 18.2 Å². The van der Waals surface area contributed by atoms with E-state index in [2.05, 4.69) is 15.3 Å². The summed E-state index contributed by atoms with van der Waals surface area (Å²) in [5.41, 5.74) is 1.49. The Kier molecular flexibility index (Phi) is 3.61. The zero-order valence-corrected chi connectivity index (χ0v) is 11.4. The van der Waals surface area contributed by atoms with Crippen LogP contribution in [-0.2, 0) is 4.79 Å². The average Bonchev–Trinajstić information content (AvgIpc) is 2.86. The Balaban J connectivity index is 1.62. The molecule has 3 rings (SSSR count). The number of hydrogen-bond acceptors (Lipinski definition) is 3. The number of nitrogens with one attached hydrogen (secondary N) is 3. The molecule has 0 aliphatic carbocycles. The number of rotatable bonds is 4. The molecule has 0 spiro atoms. The number of amides is 1. The van der Waals surface area contributed by atoms with Gasteiger partial charge in [-0.1, -0.05) is 0 Å². The lowest BCUT2D eigenvalue weighted by Gasteiger charge is -2.07. The van der Waals surface area contributed by atoms with Crippen molar-refractivity contribution in [1.29, 1.82) is 0 Å². The van der Waals surface area contributed by atoms with Gasteiger partial charge in [0.05, 0.1) is 11.0 Å². The third kappa shape index (κ3) is 3.14. The summed E-state index contributed by atoms with van der Waals surface area (Å²) < 4.78 is 18.0. The molecule has 0 aliphatic heterocycles. The van der Waals surface area contributed by atoms with Gasteiger partial charge in [-0.3, -0.25) is 4.79 Å². The van der Waals surface area contributed by atoms with Crippen molar-refractivity contribution in [3.63, 3.8) is 0 Å². The maximum atomic E-state index is 12.7. The standard InChI is InChI=1S/C15H12FN3O3/c16-9-1-4-11(5-2-9)22-8-14(20)17-10-3-6-12-13(7-10)19-15(21)18-12/h1-7H,8H2,(H,17,20)(H2,18,19,21). The SMILES string of the molecule is O=C(COc1ccc(F)cc1)Nc1ccc2[nH]c(=O)[nH]c2c1. The molecule has 0 saturated carbocycles. The first-order chi connectivity index (χ1) is 10.6. The van der Waals surface area contributed by atoms with Crippen LogP contribution >= 0.6 is 0 Å². The molecule has 0 unspecified atom stereocenters. The van der Waals surface area contributed by atoms with Crippen LogP contribution in [0.15, 0.2) is 47.3 Å². The van der Waals surface area contributed by atoms with Crippen LogP contribution in [0.1, 0.15) is 0 Å². The fourth-order valence-corrected chi connectivity index (χ4v) is 1.99. The van der Waals surface area contributed by atoms with Crippen LogP contribution in [0, 0.1) is 5.82 Å². The van der Waals surface area contributed by atoms with E-state index in [0.717, 1.165) is 0 Å². The summed E-state index contributed by atoms with van der Waals surface area (Å²) in [4.78, 5) is 28.2. The second-order valence-corrected chi connectivity index (χ2v) is 4.63. The number of fused-ring (bicyclic) bond motifs is 1. The molecule has 7 heteroatoms. The van der Waals surface area contributed by atoms with E-state index < -0.39 is 0 Å². The van der Waals surface area contributed by atoms with E-state index in [4.69, 9.17) is 4.74 Å². The predicted molar refractivity (Wildman–Crippen MR) is 79.4 cm³/mol. The van der Waals surface area contributed by atoms with Crippen LogP contribution in [0.3, 0.4) is 0 Å². The zero-order chi connectivity index (χ0) is 15.5. The maximum Gasteiger partial charge on any atom is 0.323 e. The van der Waals surface area contributed by atoms with Gasteiger partial charge in [0.2, 0.25) is 0 Å². The van der Waals surface area contributed by atoms with Crippen LogP contribution in [0.4, 0.5) is 10.1 Å². The predicted octanol–water partition coefficient (Wildman–Crippen LogP) is 2.01. The molecule has 0 atom stereocenters. The highest BCUT2D eigenvalue weighted by molar-refractivity contribution is 5.93. The minimum atomic E-state index is -0.370. The molecule has 3 aromatic rings. The zero-order valence-electron chi connectivity index (χ0n) is 11.4. The fourth-order valence-electron chi connectivity index (χ4n) is 1.99. The number of H-pyrrole nitrogens is 2. The Labute approximate surface area is 123 Å². The summed E-state index contributed by atoms with van der Waals surface area (Å²) in [6, 6.07) is 10.4. The largest absolute Gasteiger partial charge is 0.484 e. The molecule has 22 heavy (non-hydrogen) atoms. The average molecular weight is 301 g/mol. The molecule has 1 aromatic heterocycles. The molecular formula is C15H12FN3O3. The molecule has 112 valence electrons. The van der Waals surface area contributed by atoms with Crippen LogP contribution in [0.25, 0.3) is 11.0 Å². The van der Waals surface area contributed by atoms with Gasteiger partial charge in [-0.15, -0.1) is 0 Å². The van der Waals surface area contributed by atoms with E-state index in [9.17, 15) is 14.0 Å². The van der Waals surface area contributed by atoms with Gasteiger partial charge in [0.1, 0.15) is 11.6 Å². The second kappa shape index (κ2) is 5.72. The molecule has 0 fully saturated rings. The second-order valence-electron chi connectivity index (χ2n) is 4.63. The minimum Gasteiger partial charge on any atom is -0.484 e. The molecule has 0 aliphatic rings. The highest BCUT2D eigenvalue weighted by Crippen LogP contribution is 2.15. The highest BCUT2D eigenvalue weighted by Gasteiger charge is 2.06. The summed E-state index contributed by atoms with van der Waals surface area (Å²) in [6.45, 7) is -0.201. The topological polar surface area (TPSA) is 87.0 Å². The Bertz CT molecular complexity index is 868. The van der Waals surface area contributed by atoms with Crippen molar-refractivity contribution < 1.29 is 13.9 Å². The first kappa shape index (κ1) is 13.9. The molecule has 1 heterocycles. The van der Waals surface area contributed by atoms with E-state index in [0.29, 0.717) is 22.5 Å². The van der Waals surface area contributed by atoms with E-state index in [1.807, 2.05) is 0 Å². The van der Waals surface area contributed by atoms with Gasteiger partial charge in [0, 0.05) is 5.69 Å². The van der Waals surface area contributed by atoms with Gasteiger partial charge in [-0.05, 0) is 42.5 Å².